The SMILES string of the molecule is COc1ccccc1C(=O)NC[C@@H]1CC[C@H](CC(=O)N2CCCC2)N1CC1CC1. The summed E-state index contributed by atoms with van der Waals surface area (Å²) in [6, 6.07) is 7.95. The molecule has 1 saturated carbocycles. The Morgan fingerprint density at radius 2 is 1.79 bits per heavy atom. The molecule has 1 N–H and O–H groups in total. The van der Waals surface area contributed by atoms with E-state index < -0.39 is 0 Å². The molecule has 6 nitrogen and oxygen atoms in total. The second-order valence-electron chi connectivity index (χ2n) is 8.73. The fourth-order valence-corrected chi connectivity index (χ4v) is 4.79. The maximum Gasteiger partial charge on any atom is 0.255 e. The van der Waals surface area contributed by atoms with E-state index in [0.29, 0.717) is 42.3 Å². The molecule has 3 aliphatic rings. The number of carbonyl (C=O) groups is 2. The minimum atomic E-state index is -0.0922. The Morgan fingerprint density at radius 3 is 2.52 bits per heavy atom. The smallest absolute Gasteiger partial charge is 0.255 e. The zero-order valence-corrected chi connectivity index (χ0v) is 17.4. The van der Waals surface area contributed by atoms with E-state index in [-0.39, 0.29) is 5.91 Å². The Morgan fingerprint density at radius 1 is 1.07 bits per heavy atom. The van der Waals surface area contributed by atoms with Gasteiger partial charge in [-0.1, -0.05) is 12.1 Å². The minimum Gasteiger partial charge on any atom is -0.496 e. The van der Waals surface area contributed by atoms with Crippen LogP contribution in [0.3, 0.4) is 0 Å². The Kier molecular flexibility index (Phi) is 6.38. The standard InChI is InChI=1S/C23H33N3O3/c1-29-21-7-3-2-6-20(21)23(28)24-15-19-11-10-18(26(19)16-17-8-9-17)14-22(27)25-12-4-5-13-25/h2-3,6-7,17-19H,4-5,8-16H2,1H3,(H,24,28)/t18-,19+/m1/s1. The molecule has 2 heterocycles. The molecule has 0 unspecified atom stereocenters. The second kappa shape index (κ2) is 9.16. The first-order valence-corrected chi connectivity index (χ1v) is 11.1. The highest BCUT2D eigenvalue weighted by atomic mass is 16.5. The van der Waals surface area contributed by atoms with E-state index >= 15 is 0 Å². The first-order valence-electron chi connectivity index (χ1n) is 11.1. The molecule has 2 atom stereocenters. The summed E-state index contributed by atoms with van der Waals surface area (Å²) in [6.45, 7) is 3.53. The summed E-state index contributed by atoms with van der Waals surface area (Å²) in [6.07, 6.45) is 7.58. The number of ether oxygens (including phenoxy) is 1. The molecular weight excluding hydrogens is 366 g/mol. The fourth-order valence-electron chi connectivity index (χ4n) is 4.79. The minimum absolute atomic E-state index is 0.0922. The summed E-state index contributed by atoms with van der Waals surface area (Å²) in [4.78, 5) is 29.9. The van der Waals surface area contributed by atoms with Crippen molar-refractivity contribution in [1.29, 1.82) is 0 Å². The number of benzene rings is 1. The van der Waals surface area contributed by atoms with Crippen molar-refractivity contribution in [2.45, 2.75) is 57.0 Å². The van der Waals surface area contributed by atoms with Gasteiger partial charge in [0.25, 0.3) is 5.91 Å². The summed E-state index contributed by atoms with van der Waals surface area (Å²) in [5.41, 5.74) is 0.572. The molecular formula is C23H33N3O3. The number of methoxy groups -OCH3 is 1. The predicted molar refractivity (Wildman–Crippen MR) is 112 cm³/mol. The summed E-state index contributed by atoms with van der Waals surface area (Å²) >= 11 is 0. The van der Waals surface area contributed by atoms with Crippen molar-refractivity contribution in [3.05, 3.63) is 29.8 Å². The van der Waals surface area contributed by atoms with Crippen LogP contribution in [-0.2, 0) is 4.79 Å². The van der Waals surface area contributed by atoms with E-state index in [1.165, 1.54) is 12.8 Å². The molecule has 2 aliphatic heterocycles. The van der Waals surface area contributed by atoms with Crippen LogP contribution in [0.5, 0.6) is 5.75 Å². The van der Waals surface area contributed by atoms with Crippen molar-refractivity contribution in [3.63, 3.8) is 0 Å². The number of rotatable bonds is 8. The van der Waals surface area contributed by atoms with Gasteiger partial charge in [0, 0.05) is 44.7 Å². The zero-order chi connectivity index (χ0) is 20.2. The van der Waals surface area contributed by atoms with Gasteiger partial charge in [0.05, 0.1) is 12.7 Å². The van der Waals surface area contributed by atoms with Crippen molar-refractivity contribution < 1.29 is 14.3 Å². The first-order chi connectivity index (χ1) is 14.2. The van der Waals surface area contributed by atoms with Gasteiger partial charge >= 0.3 is 0 Å². The van der Waals surface area contributed by atoms with Gasteiger partial charge in [0.2, 0.25) is 5.91 Å². The molecule has 2 amide bonds. The van der Waals surface area contributed by atoms with Crippen molar-refractivity contribution >= 4 is 11.8 Å². The van der Waals surface area contributed by atoms with E-state index in [1.807, 2.05) is 23.1 Å². The molecule has 0 radical (unpaired) electrons. The summed E-state index contributed by atoms with van der Waals surface area (Å²) in [7, 11) is 1.59. The van der Waals surface area contributed by atoms with Gasteiger partial charge in [-0.05, 0) is 56.6 Å². The lowest BCUT2D eigenvalue weighted by molar-refractivity contribution is -0.131. The van der Waals surface area contributed by atoms with Crippen LogP contribution in [0.25, 0.3) is 0 Å². The van der Waals surface area contributed by atoms with Gasteiger partial charge in [-0.3, -0.25) is 14.5 Å². The molecule has 158 valence electrons. The van der Waals surface area contributed by atoms with Gasteiger partial charge in [-0.15, -0.1) is 0 Å². The van der Waals surface area contributed by atoms with Crippen LogP contribution in [0.15, 0.2) is 24.3 Å². The van der Waals surface area contributed by atoms with E-state index in [0.717, 1.165) is 51.2 Å². The van der Waals surface area contributed by atoms with Crippen LogP contribution in [0.1, 0.15) is 55.3 Å². The molecule has 29 heavy (non-hydrogen) atoms. The number of nitrogens with one attached hydrogen (secondary N) is 1. The zero-order valence-electron chi connectivity index (χ0n) is 17.4. The largest absolute Gasteiger partial charge is 0.496 e. The number of amides is 2. The van der Waals surface area contributed by atoms with E-state index in [4.69, 9.17) is 4.74 Å². The molecule has 1 aliphatic carbocycles. The van der Waals surface area contributed by atoms with E-state index in [1.54, 1.807) is 13.2 Å². The van der Waals surface area contributed by atoms with Crippen molar-refractivity contribution in [3.8, 4) is 5.75 Å². The summed E-state index contributed by atoms with van der Waals surface area (Å²) < 4.78 is 5.32. The van der Waals surface area contributed by atoms with E-state index in [9.17, 15) is 9.59 Å². The lowest BCUT2D eigenvalue weighted by atomic mass is 10.1. The molecule has 0 spiro atoms. The molecule has 1 aromatic carbocycles. The van der Waals surface area contributed by atoms with Crippen molar-refractivity contribution in [1.82, 2.24) is 15.1 Å². The Bertz CT molecular complexity index is 728. The molecule has 2 saturated heterocycles. The van der Waals surface area contributed by atoms with Crippen LogP contribution < -0.4 is 10.1 Å². The van der Waals surface area contributed by atoms with Crippen molar-refractivity contribution in [2.75, 3.05) is 33.3 Å². The molecule has 0 aromatic heterocycles. The summed E-state index contributed by atoms with van der Waals surface area (Å²) in [5.74, 6) is 1.59. The van der Waals surface area contributed by atoms with Crippen molar-refractivity contribution in [2.24, 2.45) is 5.92 Å². The van der Waals surface area contributed by atoms with Crippen LogP contribution in [0, 0.1) is 5.92 Å². The number of nitrogens with zero attached hydrogens (tertiary/aromatic N) is 2. The highest BCUT2D eigenvalue weighted by Gasteiger charge is 2.38. The maximum atomic E-state index is 12.7. The highest BCUT2D eigenvalue weighted by Crippen LogP contribution is 2.35. The van der Waals surface area contributed by atoms with Crippen LogP contribution >= 0.6 is 0 Å². The lowest BCUT2D eigenvalue weighted by Crippen LogP contribution is -2.45. The topological polar surface area (TPSA) is 61.9 Å². The average Bonchev–Trinajstić information content (AvgIpc) is 3.24. The number of carbonyl (C=O) groups excluding carboxylic acids is 2. The molecule has 0 bridgehead atoms. The molecule has 3 fully saturated rings. The van der Waals surface area contributed by atoms with Gasteiger partial charge in [-0.2, -0.15) is 0 Å². The molecule has 4 rings (SSSR count). The third kappa shape index (κ3) is 4.92. The maximum absolute atomic E-state index is 12.7. The number of para-hydroxylation sites is 1. The number of likely N-dealkylation sites (tertiary alicyclic amines) is 2. The number of hydrogen-bond acceptors (Lipinski definition) is 4. The predicted octanol–water partition coefficient (Wildman–Crippen LogP) is 2.68. The van der Waals surface area contributed by atoms with Crippen LogP contribution in [0.2, 0.25) is 0 Å². The van der Waals surface area contributed by atoms with Gasteiger partial charge in [0.15, 0.2) is 0 Å². The third-order valence-electron chi connectivity index (χ3n) is 6.66. The molecule has 1 aromatic rings. The monoisotopic (exact) mass is 399 g/mol. The first kappa shape index (κ1) is 20.2. The quantitative estimate of drug-likeness (QED) is 0.730. The second-order valence-corrected chi connectivity index (χ2v) is 8.73. The fraction of sp³-hybridized carbons (Fsp3) is 0.652. The lowest BCUT2D eigenvalue weighted by Gasteiger charge is -2.31. The molecule has 6 heteroatoms. The Hall–Kier alpha value is -2.08. The Balaban J connectivity index is 1.36. The number of hydrogen-bond donors (Lipinski definition) is 1. The van der Waals surface area contributed by atoms with E-state index in [2.05, 4.69) is 10.2 Å². The normalized spacial score (nSPS) is 24.7. The van der Waals surface area contributed by atoms with Crippen LogP contribution in [0.4, 0.5) is 0 Å². The summed E-state index contributed by atoms with van der Waals surface area (Å²) in [5, 5.41) is 3.11. The third-order valence-corrected chi connectivity index (χ3v) is 6.66. The average molecular weight is 400 g/mol. The van der Waals surface area contributed by atoms with Gasteiger partial charge in [-0.25, -0.2) is 0 Å². The Labute approximate surface area is 173 Å². The van der Waals surface area contributed by atoms with Gasteiger partial charge in [0.1, 0.15) is 5.75 Å². The van der Waals surface area contributed by atoms with Gasteiger partial charge < -0.3 is 15.0 Å². The highest BCUT2D eigenvalue weighted by molar-refractivity contribution is 5.96. The van der Waals surface area contributed by atoms with Crippen LogP contribution in [-0.4, -0.2) is 67.0 Å².